The van der Waals surface area contributed by atoms with Crippen LogP contribution >= 0.6 is 0 Å². The largest absolute Gasteiger partial charge is 0.462 e. The van der Waals surface area contributed by atoms with E-state index in [4.69, 9.17) is 10.5 Å². The van der Waals surface area contributed by atoms with E-state index in [1.807, 2.05) is 6.92 Å². The third kappa shape index (κ3) is 2.94. The Bertz CT molecular complexity index is 627. The molecule has 0 saturated carbocycles. The Morgan fingerprint density at radius 3 is 2.90 bits per heavy atom. The van der Waals surface area contributed by atoms with Crippen molar-refractivity contribution in [1.82, 2.24) is 14.5 Å². The molecule has 0 amide bonds. The van der Waals surface area contributed by atoms with Crippen molar-refractivity contribution in [3.8, 4) is 0 Å². The molecule has 0 aliphatic carbocycles. The lowest BCUT2D eigenvalue weighted by atomic mass is 9.90. The molecule has 1 saturated heterocycles. The molecule has 1 aromatic heterocycles. The van der Waals surface area contributed by atoms with Gasteiger partial charge in [-0.2, -0.15) is 9.40 Å². The normalized spacial score (nSPS) is 23.4. The van der Waals surface area contributed by atoms with Crippen LogP contribution in [-0.2, 0) is 14.8 Å². The average Bonchev–Trinajstić information content (AvgIpc) is 3.06. The number of aromatic nitrogens is 2. The molecule has 1 aromatic rings. The minimum absolute atomic E-state index is 0.0711. The van der Waals surface area contributed by atoms with Gasteiger partial charge in [-0.1, -0.05) is 6.92 Å². The summed E-state index contributed by atoms with van der Waals surface area (Å²) >= 11 is 0. The zero-order valence-electron chi connectivity index (χ0n) is 12.1. The number of hydrogen-bond donors (Lipinski definition) is 2. The summed E-state index contributed by atoms with van der Waals surface area (Å²) in [6.45, 7) is 4.87. The number of rotatable bonds is 5. The van der Waals surface area contributed by atoms with E-state index in [2.05, 4.69) is 10.2 Å². The number of aromatic amines is 1. The Morgan fingerprint density at radius 1 is 1.62 bits per heavy atom. The van der Waals surface area contributed by atoms with Gasteiger partial charge < -0.3 is 10.5 Å². The highest BCUT2D eigenvalue weighted by atomic mass is 32.2. The smallest absolute Gasteiger partial charge is 0.342 e. The fourth-order valence-electron chi connectivity index (χ4n) is 2.30. The van der Waals surface area contributed by atoms with Crippen molar-refractivity contribution in [3.05, 3.63) is 11.8 Å². The van der Waals surface area contributed by atoms with E-state index in [1.165, 1.54) is 10.5 Å². The number of hydrogen-bond acceptors (Lipinski definition) is 6. The molecule has 0 radical (unpaired) electrons. The zero-order valence-corrected chi connectivity index (χ0v) is 12.9. The summed E-state index contributed by atoms with van der Waals surface area (Å²) in [5.74, 6) is -0.703. The Hall–Kier alpha value is -1.45. The molecule has 21 heavy (non-hydrogen) atoms. The highest BCUT2D eigenvalue weighted by Gasteiger charge is 2.41. The second-order valence-corrected chi connectivity index (χ2v) is 7.31. The van der Waals surface area contributed by atoms with E-state index in [-0.39, 0.29) is 22.6 Å². The lowest BCUT2D eigenvalue weighted by Crippen LogP contribution is -2.35. The molecule has 3 N–H and O–H groups in total. The fraction of sp³-hybridized carbons (Fsp3) is 0.667. The van der Waals surface area contributed by atoms with Crippen LogP contribution in [0.25, 0.3) is 0 Å². The van der Waals surface area contributed by atoms with Gasteiger partial charge in [0.2, 0.25) is 0 Å². The minimum atomic E-state index is -3.81. The first kappa shape index (κ1) is 15.9. The van der Waals surface area contributed by atoms with Crippen LogP contribution in [-0.4, -0.2) is 55.1 Å². The van der Waals surface area contributed by atoms with E-state index >= 15 is 0 Å². The monoisotopic (exact) mass is 316 g/mol. The molecule has 1 aliphatic rings. The molecular formula is C12H20N4O4S. The second kappa shape index (κ2) is 5.74. The minimum Gasteiger partial charge on any atom is -0.462 e. The van der Waals surface area contributed by atoms with Crippen molar-refractivity contribution in [2.75, 3.05) is 26.2 Å². The van der Waals surface area contributed by atoms with Crippen molar-refractivity contribution in [3.63, 3.8) is 0 Å². The molecule has 8 nitrogen and oxygen atoms in total. The third-order valence-corrected chi connectivity index (χ3v) is 5.53. The van der Waals surface area contributed by atoms with Gasteiger partial charge in [0.25, 0.3) is 10.0 Å². The summed E-state index contributed by atoms with van der Waals surface area (Å²) in [4.78, 5) is 11.8. The lowest BCUT2D eigenvalue weighted by Gasteiger charge is -2.22. The third-order valence-electron chi connectivity index (χ3n) is 3.71. The number of carbonyl (C=O) groups is 1. The number of carbonyl (C=O) groups excluding carboxylic acids is 1. The zero-order chi connectivity index (χ0) is 15.7. The predicted octanol–water partition coefficient (Wildman–Crippen LogP) is -0.0542. The van der Waals surface area contributed by atoms with E-state index in [1.54, 1.807) is 6.92 Å². The number of esters is 1. The number of nitrogens with two attached hydrogens (primary N) is 1. The number of nitrogens with one attached hydrogen (secondary N) is 1. The van der Waals surface area contributed by atoms with Crippen molar-refractivity contribution >= 4 is 16.0 Å². The van der Waals surface area contributed by atoms with Crippen LogP contribution in [0, 0.1) is 5.41 Å². The van der Waals surface area contributed by atoms with Crippen molar-refractivity contribution in [2.24, 2.45) is 11.1 Å². The molecule has 1 unspecified atom stereocenters. The Balaban J connectivity index is 2.30. The topological polar surface area (TPSA) is 118 Å². The van der Waals surface area contributed by atoms with Crippen LogP contribution in [0.2, 0.25) is 0 Å². The number of sulfonamides is 1. The molecule has 2 heterocycles. The van der Waals surface area contributed by atoms with Gasteiger partial charge in [0.1, 0.15) is 5.56 Å². The first-order chi connectivity index (χ1) is 9.84. The second-order valence-electron chi connectivity index (χ2n) is 5.44. The molecule has 0 spiro atoms. The van der Waals surface area contributed by atoms with Gasteiger partial charge in [-0.15, -0.1) is 0 Å². The quantitative estimate of drug-likeness (QED) is 0.735. The van der Waals surface area contributed by atoms with E-state index < -0.39 is 16.0 Å². The highest BCUT2D eigenvalue weighted by Crippen LogP contribution is 2.32. The number of ether oxygens (including phenoxy) is 1. The Morgan fingerprint density at radius 2 is 2.33 bits per heavy atom. The predicted molar refractivity (Wildman–Crippen MR) is 75.1 cm³/mol. The van der Waals surface area contributed by atoms with E-state index in [0.29, 0.717) is 26.1 Å². The standard InChI is InChI=1S/C12H20N4O4S/c1-3-20-11(17)9-6-14-15-10(9)21(18,19)16-5-4-12(2,7-13)8-16/h6H,3-5,7-8,13H2,1-2H3,(H,14,15). The molecular weight excluding hydrogens is 296 g/mol. The van der Waals surface area contributed by atoms with Crippen molar-refractivity contribution < 1.29 is 17.9 Å². The average molecular weight is 316 g/mol. The van der Waals surface area contributed by atoms with Gasteiger partial charge >= 0.3 is 5.97 Å². The number of nitrogens with zero attached hydrogens (tertiary/aromatic N) is 2. The fourth-order valence-corrected chi connectivity index (χ4v) is 3.96. The molecule has 1 fully saturated rings. The summed E-state index contributed by atoms with van der Waals surface area (Å²) in [6.07, 6.45) is 1.86. The maximum absolute atomic E-state index is 12.6. The molecule has 9 heteroatoms. The summed E-state index contributed by atoms with van der Waals surface area (Å²) in [5, 5.41) is 5.84. The molecule has 0 aromatic carbocycles. The van der Waals surface area contributed by atoms with Crippen LogP contribution in [0.5, 0.6) is 0 Å². The molecule has 0 bridgehead atoms. The maximum atomic E-state index is 12.6. The molecule has 118 valence electrons. The van der Waals surface area contributed by atoms with Gasteiger partial charge in [-0.25, -0.2) is 13.2 Å². The van der Waals surface area contributed by atoms with Crippen molar-refractivity contribution in [1.29, 1.82) is 0 Å². The van der Waals surface area contributed by atoms with Gasteiger partial charge in [0, 0.05) is 13.1 Å². The first-order valence-corrected chi connectivity index (χ1v) is 8.19. The summed E-state index contributed by atoms with van der Waals surface area (Å²) in [5.41, 5.74) is 5.38. The molecule has 1 atom stereocenters. The maximum Gasteiger partial charge on any atom is 0.342 e. The number of H-pyrrole nitrogens is 1. The van der Waals surface area contributed by atoms with Crippen LogP contribution in [0.3, 0.4) is 0 Å². The van der Waals surface area contributed by atoms with Crippen LogP contribution in [0.4, 0.5) is 0 Å². The van der Waals surface area contributed by atoms with Gasteiger partial charge in [-0.05, 0) is 25.3 Å². The van der Waals surface area contributed by atoms with Gasteiger partial charge in [-0.3, -0.25) is 5.10 Å². The summed E-state index contributed by atoms with van der Waals surface area (Å²) < 4.78 is 31.4. The summed E-state index contributed by atoms with van der Waals surface area (Å²) in [6, 6.07) is 0. The van der Waals surface area contributed by atoms with E-state index in [9.17, 15) is 13.2 Å². The van der Waals surface area contributed by atoms with E-state index in [0.717, 1.165) is 0 Å². The SMILES string of the molecule is CCOC(=O)c1cn[nH]c1S(=O)(=O)N1CCC(C)(CN)C1. The van der Waals surface area contributed by atoms with Gasteiger partial charge in [0.15, 0.2) is 5.03 Å². The van der Waals surface area contributed by atoms with Gasteiger partial charge in [0.05, 0.1) is 12.8 Å². The van der Waals surface area contributed by atoms with Crippen LogP contribution in [0.15, 0.2) is 11.2 Å². The van der Waals surface area contributed by atoms with Crippen LogP contribution in [0.1, 0.15) is 30.6 Å². The highest BCUT2D eigenvalue weighted by molar-refractivity contribution is 7.89. The first-order valence-electron chi connectivity index (χ1n) is 6.75. The Kier molecular flexibility index (Phi) is 4.35. The Labute approximate surface area is 123 Å². The lowest BCUT2D eigenvalue weighted by molar-refractivity contribution is 0.0521. The summed E-state index contributed by atoms with van der Waals surface area (Å²) in [7, 11) is -3.81. The van der Waals surface area contributed by atoms with Crippen molar-refractivity contribution in [2.45, 2.75) is 25.3 Å². The van der Waals surface area contributed by atoms with Crippen LogP contribution < -0.4 is 5.73 Å². The molecule has 2 rings (SSSR count). The molecule has 1 aliphatic heterocycles.